The van der Waals surface area contributed by atoms with Crippen LogP contribution >= 0.6 is 0 Å². The highest BCUT2D eigenvalue weighted by molar-refractivity contribution is 5.91. The van der Waals surface area contributed by atoms with Crippen LogP contribution in [0, 0.1) is 11.8 Å². The lowest BCUT2D eigenvalue weighted by Crippen LogP contribution is -2.45. The molecule has 1 rings (SSSR count). The van der Waals surface area contributed by atoms with Gasteiger partial charge in [0.25, 0.3) is 0 Å². The lowest BCUT2D eigenvalue weighted by Gasteiger charge is -2.21. The Kier molecular flexibility index (Phi) is 7.72. The van der Waals surface area contributed by atoms with E-state index in [-0.39, 0.29) is 24.7 Å². The van der Waals surface area contributed by atoms with Crippen molar-refractivity contribution in [2.75, 3.05) is 13.2 Å². The molecule has 2 amide bonds. The lowest BCUT2D eigenvalue weighted by atomic mass is 9.95. The fourth-order valence-corrected chi connectivity index (χ4v) is 2.41. The van der Waals surface area contributed by atoms with Gasteiger partial charge in [-0.2, -0.15) is 8.78 Å². The van der Waals surface area contributed by atoms with Crippen LogP contribution in [0.1, 0.15) is 46.5 Å². The molecule has 0 spiro atoms. The molecule has 1 aliphatic rings. The van der Waals surface area contributed by atoms with E-state index in [4.69, 9.17) is 0 Å². The van der Waals surface area contributed by atoms with Gasteiger partial charge in [0.05, 0.1) is 6.04 Å². The summed E-state index contributed by atoms with van der Waals surface area (Å²) in [7, 11) is 0. The maximum Gasteiger partial charge on any atom is 0.353 e. The van der Waals surface area contributed by atoms with Crippen molar-refractivity contribution >= 4 is 17.6 Å². The van der Waals surface area contributed by atoms with Crippen LogP contribution < -0.4 is 10.6 Å². The quantitative estimate of drug-likeness (QED) is 0.628. The van der Waals surface area contributed by atoms with Crippen molar-refractivity contribution in [2.24, 2.45) is 11.8 Å². The molecule has 0 aromatic rings. The van der Waals surface area contributed by atoms with Crippen molar-refractivity contribution in [2.45, 2.75) is 58.6 Å². The Bertz CT molecular complexity index is 463. The first kappa shape index (κ1) is 20.5. The molecular formula is C16H26F2N2O4. The minimum absolute atomic E-state index is 0.0940. The van der Waals surface area contributed by atoms with Crippen molar-refractivity contribution in [3.63, 3.8) is 0 Å². The Morgan fingerprint density at radius 3 is 2.58 bits per heavy atom. The van der Waals surface area contributed by atoms with E-state index in [1.54, 1.807) is 0 Å². The summed E-state index contributed by atoms with van der Waals surface area (Å²) >= 11 is 0. The summed E-state index contributed by atoms with van der Waals surface area (Å²) in [6.07, 6.45) is -1.89. The SMILES string of the molecule is CC(C)CCC(=O)N[C@@H](C[C@@H]1CCNC1=O)C(=O)COC(C)(F)F. The maximum absolute atomic E-state index is 12.8. The number of carbonyl (C=O) groups is 3. The van der Waals surface area contributed by atoms with Crippen LogP contribution in [-0.2, 0) is 19.1 Å². The number of alkyl halides is 2. The zero-order chi connectivity index (χ0) is 18.3. The van der Waals surface area contributed by atoms with E-state index in [1.165, 1.54) is 0 Å². The number of ketones is 1. The van der Waals surface area contributed by atoms with Crippen molar-refractivity contribution in [3.05, 3.63) is 0 Å². The van der Waals surface area contributed by atoms with E-state index in [1.807, 2.05) is 13.8 Å². The average molecular weight is 348 g/mol. The molecule has 1 fully saturated rings. The Morgan fingerprint density at radius 2 is 2.08 bits per heavy atom. The van der Waals surface area contributed by atoms with E-state index in [2.05, 4.69) is 15.4 Å². The predicted molar refractivity (Wildman–Crippen MR) is 83.3 cm³/mol. The number of nitrogens with one attached hydrogen (secondary N) is 2. The molecule has 0 saturated carbocycles. The molecule has 24 heavy (non-hydrogen) atoms. The minimum atomic E-state index is -3.42. The maximum atomic E-state index is 12.8. The second kappa shape index (κ2) is 9.05. The number of amides is 2. The predicted octanol–water partition coefficient (Wildman–Crippen LogP) is 1.63. The lowest BCUT2D eigenvalue weighted by molar-refractivity contribution is -0.223. The van der Waals surface area contributed by atoms with Crippen LogP contribution in [0.5, 0.6) is 0 Å². The van der Waals surface area contributed by atoms with Crippen molar-refractivity contribution in [1.29, 1.82) is 0 Å². The fourth-order valence-electron chi connectivity index (χ4n) is 2.41. The number of hydrogen-bond acceptors (Lipinski definition) is 4. The third-order valence-corrected chi connectivity index (χ3v) is 3.82. The van der Waals surface area contributed by atoms with Gasteiger partial charge in [-0.3, -0.25) is 14.4 Å². The standard InChI is InChI=1S/C16H26F2N2O4/c1-10(2)4-5-14(22)20-12(8-11-6-7-19-15(11)23)13(21)9-24-16(3,17)18/h10-12H,4-9H2,1-3H3,(H,19,23)(H,20,22)/t11-,12-/m0/s1. The third-order valence-electron chi connectivity index (χ3n) is 3.82. The van der Waals surface area contributed by atoms with E-state index >= 15 is 0 Å². The van der Waals surface area contributed by atoms with Crippen molar-refractivity contribution in [1.82, 2.24) is 10.6 Å². The second-order valence-corrected chi connectivity index (χ2v) is 6.63. The Hall–Kier alpha value is -1.57. The summed E-state index contributed by atoms with van der Waals surface area (Å²) < 4.78 is 29.7. The minimum Gasteiger partial charge on any atom is -0.356 e. The van der Waals surface area contributed by atoms with Crippen LogP contribution in [0.25, 0.3) is 0 Å². The first-order valence-electron chi connectivity index (χ1n) is 8.20. The number of hydrogen-bond donors (Lipinski definition) is 2. The molecule has 6 nitrogen and oxygen atoms in total. The molecule has 1 saturated heterocycles. The molecule has 8 heteroatoms. The van der Waals surface area contributed by atoms with Gasteiger partial charge < -0.3 is 15.4 Å². The van der Waals surface area contributed by atoms with Gasteiger partial charge in [0, 0.05) is 25.8 Å². The van der Waals surface area contributed by atoms with Crippen molar-refractivity contribution < 1.29 is 27.9 Å². The highest BCUT2D eigenvalue weighted by atomic mass is 19.3. The van der Waals surface area contributed by atoms with Gasteiger partial charge >= 0.3 is 6.11 Å². The highest BCUT2D eigenvalue weighted by Crippen LogP contribution is 2.18. The Labute approximate surface area is 140 Å². The van der Waals surface area contributed by atoms with Crippen LogP contribution in [0.4, 0.5) is 8.78 Å². The third kappa shape index (κ3) is 7.81. The molecule has 0 bridgehead atoms. The van der Waals surface area contributed by atoms with Gasteiger partial charge in [-0.05, 0) is 25.2 Å². The molecule has 0 aliphatic carbocycles. The largest absolute Gasteiger partial charge is 0.356 e. The van der Waals surface area contributed by atoms with E-state index in [9.17, 15) is 23.2 Å². The van der Waals surface area contributed by atoms with Gasteiger partial charge in [0.1, 0.15) is 6.61 Å². The van der Waals surface area contributed by atoms with Crippen LogP contribution in [0.2, 0.25) is 0 Å². The first-order valence-corrected chi connectivity index (χ1v) is 8.20. The van der Waals surface area contributed by atoms with Crippen LogP contribution in [0.3, 0.4) is 0 Å². The molecule has 0 radical (unpaired) electrons. The first-order chi connectivity index (χ1) is 11.1. The molecule has 2 atom stereocenters. The highest BCUT2D eigenvalue weighted by Gasteiger charge is 2.32. The molecular weight excluding hydrogens is 322 g/mol. The van der Waals surface area contributed by atoms with Crippen LogP contribution in [0.15, 0.2) is 0 Å². The topological polar surface area (TPSA) is 84.5 Å². The van der Waals surface area contributed by atoms with Gasteiger partial charge in [0.15, 0.2) is 5.78 Å². The van der Waals surface area contributed by atoms with E-state index in [0.29, 0.717) is 32.2 Å². The smallest absolute Gasteiger partial charge is 0.353 e. The summed E-state index contributed by atoms with van der Waals surface area (Å²) in [5, 5.41) is 5.21. The zero-order valence-corrected chi connectivity index (χ0v) is 14.4. The van der Waals surface area contributed by atoms with Crippen LogP contribution in [-0.4, -0.2) is 42.9 Å². The second-order valence-electron chi connectivity index (χ2n) is 6.63. The van der Waals surface area contributed by atoms with Gasteiger partial charge in [-0.15, -0.1) is 0 Å². The van der Waals surface area contributed by atoms with Crippen molar-refractivity contribution in [3.8, 4) is 0 Å². The Balaban J connectivity index is 2.65. The van der Waals surface area contributed by atoms with E-state index in [0.717, 1.165) is 0 Å². The van der Waals surface area contributed by atoms with Gasteiger partial charge in [-0.1, -0.05) is 13.8 Å². The molecule has 138 valence electrons. The molecule has 0 unspecified atom stereocenters. The van der Waals surface area contributed by atoms with Gasteiger partial charge in [-0.25, -0.2) is 0 Å². The monoisotopic (exact) mass is 348 g/mol. The summed E-state index contributed by atoms with van der Waals surface area (Å²) in [4.78, 5) is 35.8. The summed E-state index contributed by atoms with van der Waals surface area (Å²) in [5.41, 5.74) is 0. The normalized spacial score (nSPS) is 19.2. The zero-order valence-electron chi connectivity index (χ0n) is 14.4. The molecule has 1 aliphatic heterocycles. The Morgan fingerprint density at radius 1 is 1.42 bits per heavy atom. The van der Waals surface area contributed by atoms with Gasteiger partial charge in [0.2, 0.25) is 11.8 Å². The molecule has 2 N–H and O–H groups in total. The van der Waals surface area contributed by atoms with E-state index < -0.39 is 30.5 Å². The summed E-state index contributed by atoms with van der Waals surface area (Å²) in [6, 6.07) is -0.999. The number of Topliss-reactive ketones (excluding diaryl/α,β-unsaturated/α-hetero) is 1. The number of carbonyl (C=O) groups excluding carboxylic acids is 3. The number of halogens is 2. The number of ether oxygens (including phenoxy) is 1. The fraction of sp³-hybridized carbons (Fsp3) is 0.812. The average Bonchev–Trinajstić information content (AvgIpc) is 2.86. The summed E-state index contributed by atoms with van der Waals surface area (Å²) in [5.74, 6) is -1.26. The molecule has 0 aromatic heterocycles. The summed E-state index contributed by atoms with van der Waals surface area (Å²) in [6.45, 7) is 4.18. The molecule has 1 heterocycles. The molecule has 0 aromatic carbocycles. The number of rotatable bonds is 10.